The monoisotopic (exact) mass is 581 g/mol. The van der Waals surface area contributed by atoms with E-state index in [0.717, 1.165) is 77.8 Å². The van der Waals surface area contributed by atoms with Gasteiger partial charge in [0.25, 0.3) is 0 Å². The maximum absolute atomic E-state index is 13.5. The molecule has 1 atom stereocenters. The number of imidazole rings is 1. The van der Waals surface area contributed by atoms with Crippen LogP contribution in [0.3, 0.4) is 0 Å². The van der Waals surface area contributed by atoms with E-state index >= 15 is 0 Å². The molecule has 0 radical (unpaired) electrons. The summed E-state index contributed by atoms with van der Waals surface area (Å²) in [6, 6.07) is 22.0. The number of fused-ring (bicyclic) bond motifs is 1. The van der Waals surface area contributed by atoms with Gasteiger partial charge in [-0.15, -0.1) is 0 Å². The molecule has 1 aromatic heterocycles. The fourth-order valence-electron chi connectivity index (χ4n) is 5.43. The highest BCUT2D eigenvalue weighted by Gasteiger charge is 2.22. The second kappa shape index (κ2) is 14.5. The van der Waals surface area contributed by atoms with Gasteiger partial charge in [0.15, 0.2) is 5.78 Å². The van der Waals surface area contributed by atoms with Crippen molar-refractivity contribution in [2.24, 2.45) is 0 Å². The number of hydrogen-bond donors (Lipinski definition) is 1. The molecule has 4 aromatic rings. The van der Waals surface area contributed by atoms with E-state index in [9.17, 15) is 9.59 Å². The van der Waals surface area contributed by atoms with Crippen LogP contribution in [0.5, 0.6) is 0 Å². The predicted octanol–water partition coefficient (Wildman–Crippen LogP) is 9.00. The number of esters is 1. The van der Waals surface area contributed by atoms with Crippen molar-refractivity contribution >= 4 is 28.5 Å². The van der Waals surface area contributed by atoms with Crippen molar-refractivity contribution < 1.29 is 14.3 Å². The van der Waals surface area contributed by atoms with E-state index < -0.39 is 5.60 Å². The molecule has 0 saturated carbocycles. The van der Waals surface area contributed by atoms with Gasteiger partial charge in [-0.2, -0.15) is 0 Å². The number of nitrogens with zero attached hydrogens (tertiary/aromatic N) is 2. The minimum atomic E-state index is -0.605. The molecule has 1 N–H and O–H groups in total. The molecule has 0 spiro atoms. The molecule has 0 aliphatic rings. The molecule has 0 amide bonds. The first-order chi connectivity index (χ1) is 20.6. The second-order valence-corrected chi connectivity index (χ2v) is 12.4. The van der Waals surface area contributed by atoms with Gasteiger partial charge in [0.05, 0.1) is 22.6 Å². The number of Topliss-reactive ketones (excluding diaryl/α,β-unsaturated/α-hetero) is 1. The average Bonchev–Trinajstić information content (AvgIpc) is 3.31. The predicted molar refractivity (Wildman–Crippen MR) is 177 cm³/mol. The Balaban J connectivity index is 1.75. The summed E-state index contributed by atoms with van der Waals surface area (Å²) in [5, 5.41) is 3.52. The lowest BCUT2D eigenvalue weighted by atomic mass is 9.97. The van der Waals surface area contributed by atoms with E-state index in [0.29, 0.717) is 18.5 Å². The van der Waals surface area contributed by atoms with Crippen LogP contribution in [0.15, 0.2) is 66.7 Å². The van der Waals surface area contributed by atoms with E-state index in [2.05, 4.69) is 35.9 Å². The summed E-state index contributed by atoms with van der Waals surface area (Å²) in [7, 11) is 0. The van der Waals surface area contributed by atoms with E-state index in [1.807, 2.05) is 82.3 Å². The van der Waals surface area contributed by atoms with Crippen LogP contribution in [0, 0.1) is 0 Å². The second-order valence-electron chi connectivity index (χ2n) is 12.4. The van der Waals surface area contributed by atoms with Gasteiger partial charge in [0.1, 0.15) is 11.4 Å². The first-order valence-corrected chi connectivity index (χ1v) is 15.8. The standard InChI is InChI=1S/C37H47N3O3/c1-7-10-18-35-39-31-22-20-28(38-32(14-8-2)34(41)15-9-3)24-33(31)40(35)25-26-19-21-29(27-16-12-11-13-17-27)30(23-26)36(42)43-37(4,5)6/h11-13,16-17,19-24,32,38H,7-10,14-15,18,25H2,1-6H3. The van der Waals surface area contributed by atoms with Crippen LogP contribution in [0.2, 0.25) is 0 Å². The molecule has 43 heavy (non-hydrogen) atoms. The summed E-state index contributed by atoms with van der Waals surface area (Å²) in [5.41, 5.74) is 5.64. The Hall–Kier alpha value is -3.93. The van der Waals surface area contributed by atoms with Gasteiger partial charge in [-0.3, -0.25) is 4.79 Å². The zero-order valence-electron chi connectivity index (χ0n) is 26.7. The van der Waals surface area contributed by atoms with Crippen molar-refractivity contribution in [3.05, 3.63) is 83.7 Å². The molecule has 4 rings (SSSR count). The topological polar surface area (TPSA) is 73.2 Å². The first-order valence-electron chi connectivity index (χ1n) is 15.8. The Morgan fingerprint density at radius 1 is 0.930 bits per heavy atom. The number of unbranched alkanes of at least 4 members (excludes halogenated alkanes) is 1. The fraction of sp³-hybridized carbons (Fsp3) is 0.432. The van der Waals surface area contributed by atoms with Crippen LogP contribution < -0.4 is 5.32 Å². The zero-order chi connectivity index (χ0) is 31.0. The summed E-state index contributed by atoms with van der Waals surface area (Å²) in [6.07, 6.45) is 6.14. The number of benzene rings is 3. The minimum Gasteiger partial charge on any atom is -0.456 e. The summed E-state index contributed by atoms with van der Waals surface area (Å²) < 4.78 is 8.10. The maximum Gasteiger partial charge on any atom is 0.339 e. The quantitative estimate of drug-likeness (QED) is 0.150. The summed E-state index contributed by atoms with van der Waals surface area (Å²) >= 11 is 0. The van der Waals surface area contributed by atoms with E-state index in [-0.39, 0.29) is 17.8 Å². The van der Waals surface area contributed by atoms with Gasteiger partial charge in [-0.05, 0) is 81.0 Å². The number of anilines is 1. The third-order valence-electron chi connectivity index (χ3n) is 7.51. The van der Waals surface area contributed by atoms with E-state index in [4.69, 9.17) is 9.72 Å². The number of nitrogens with one attached hydrogen (secondary N) is 1. The molecule has 1 heterocycles. The molecule has 3 aromatic carbocycles. The molecule has 228 valence electrons. The fourth-order valence-corrected chi connectivity index (χ4v) is 5.43. The Labute approximate surface area is 256 Å². The average molecular weight is 582 g/mol. The Morgan fingerprint density at radius 3 is 2.37 bits per heavy atom. The molecular weight excluding hydrogens is 534 g/mol. The van der Waals surface area contributed by atoms with Crippen LogP contribution in [0.1, 0.15) is 102 Å². The van der Waals surface area contributed by atoms with Crippen LogP contribution in [-0.4, -0.2) is 32.9 Å². The zero-order valence-corrected chi connectivity index (χ0v) is 26.7. The van der Waals surface area contributed by atoms with E-state index in [1.165, 1.54) is 0 Å². The SMILES string of the molecule is CCCCc1nc2ccc(NC(CCC)C(=O)CCC)cc2n1Cc1ccc(-c2ccccc2)c(C(=O)OC(C)(C)C)c1. The Bertz CT molecular complexity index is 1530. The lowest BCUT2D eigenvalue weighted by Gasteiger charge is -2.21. The molecule has 0 bridgehead atoms. The molecule has 0 aliphatic heterocycles. The third kappa shape index (κ3) is 8.34. The molecular formula is C37H47N3O3. The minimum absolute atomic E-state index is 0.194. The number of aryl methyl sites for hydroxylation is 1. The number of ketones is 1. The van der Waals surface area contributed by atoms with Crippen molar-refractivity contribution in [3.63, 3.8) is 0 Å². The van der Waals surface area contributed by atoms with E-state index in [1.54, 1.807) is 0 Å². The molecule has 1 unspecified atom stereocenters. The van der Waals surface area contributed by atoms with Crippen molar-refractivity contribution in [1.29, 1.82) is 0 Å². The van der Waals surface area contributed by atoms with Gasteiger partial charge in [0.2, 0.25) is 0 Å². The summed E-state index contributed by atoms with van der Waals surface area (Å²) in [5.74, 6) is 0.946. The summed E-state index contributed by atoms with van der Waals surface area (Å²) in [6.45, 7) is 12.6. The molecule has 0 aliphatic carbocycles. The summed E-state index contributed by atoms with van der Waals surface area (Å²) in [4.78, 5) is 31.3. The van der Waals surface area contributed by atoms with Crippen molar-refractivity contribution in [2.75, 3.05) is 5.32 Å². The Kier molecular flexibility index (Phi) is 10.8. The van der Waals surface area contributed by atoms with Crippen LogP contribution in [0.25, 0.3) is 22.2 Å². The van der Waals surface area contributed by atoms with Crippen LogP contribution >= 0.6 is 0 Å². The van der Waals surface area contributed by atoms with Crippen molar-refractivity contribution in [1.82, 2.24) is 9.55 Å². The smallest absolute Gasteiger partial charge is 0.339 e. The number of ether oxygens (including phenoxy) is 1. The van der Waals surface area contributed by atoms with Crippen LogP contribution in [-0.2, 0) is 22.5 Å². The normalized spacial score (nSPS) is 12.3. The third-order valence-corrected chi connectivity index (χ3v) is 7.51. The van der Waals surface area contributed by atoms with Gasteiger partial charge in [-0.25, -0.2) is 9.78 Å². The number of aromatic nitrogens is 2. The van der Waals surface area contributed by atoms with Crippen molar-refractivity contribution in [2.45, 2.75) is 105 Å². The number of carbonyl (C=O) groups excluding carboxylic acids is 2. The van der Waals surface area contributed by atoms with Gasteiger partial charge in [0, 0.05) is 25.1 Å². The molecule has 6 heteroatoms. The van der Waals surface area contributed by atoms with Crippen molar-refractivity contribution in [3.8, 4) is 11.1 Å². The maximum atomic E-state index is 13.5. The lowest BCUT2D eigenvalue weighted by Crippen LogP contribution is -2.29. The molecule has 6 nitrogen and oxygen atoms in total. The number of carbonyl (C=O) groups is 2. The highest BCUT2D eigenvalue weighted by Crippen LogP contribution is 2.29. The Morgan fingerprint density at radius 2 is 1.70 bits per heavy atom. The largest absolute Gasteiger partial charge is 0.456 e. The van der Waals surface area contributed by atoms with Gasteiger partial charge in [-0.1, -0.05) is 76.1 Å². The lowest BCUT2D eigenvalue weighted by molar-refractivity contribution is -0.120. The van der Waals surface area contributed by atoms with Gasteiger partial charge < -0.3 is 14.6 Å². The van der Waals surface area contributed by atoms with Gasteiger partial charge >= 0.3 is 5.97 Å². The van der Waals surface area contributed by atoms with Crippen LogP contribution in [0.4, 0.5) is 5.69 Å². The highest BCUT2D eigenvalue weighted by molar-refractivity contribution is 5.97. The number of hydrogen-bond acceptors (Lipinski definition) is 5. The highest BCUT2D eigenvalue weighted by atomic mass is 16.6. The molecule has 0 fully saturated rings. The number of rotatable bonds is 14. The molecule has 0 saturated heterocycles. The first kappa shape index (κ1) is 32.0.